The first-order chi connectivity index (χ1) is 7.91. The second-order valence-electron chi connectivity index (χ2n) is 4.98. The van der Waals surface area contributed by atoms with Gasteiger partial charge in [0.2, 0.25) is 0 Å². The summed E-state index contributed by atoms with van der Waals surface area (Å²) in [5.74, 6) is -0.531. The molecule has 1 fully saturated rings. The van der Waals surface area contributed by atoms with Gasteiger partial charge < -0.3 is 9.64 Å². The number of ether oxygens (including phenoxy) is 1. The number of hydrogen-bond donors (Lipinski definition) is 0. The van der Waals surface area contributed by atoms with Crippen LogP contribution in [0.2, 0.25) is 0 Å². The fraction of sp³-hybridized carbons (Fsp3) is 1.00. The smallest absolute Gasteiger partial charge is 0.367 e. The highest BCUT2D eigenvalue weighted by Gasteiger charge is 2.42. The second-order valence-corrected chi connectivity index (χ2v) is 4.98. The maximum Gasteiger partial charge on any atom is 0.414 e. The van der Waals surface area contributed by atoms with E-state index in [1.807, 2.05) is 0 Å². The van der Waals surface area contributed by atoms with Crippen molar-refractivity contribution < 1.29 is 17.9 Å². The number of alkyl halides is 3. The van der Waals surface area contributed by atoms with Crippen molar-refractivity contribution in [3.05, 3.63) is 0 Å². The van der Waals surface area contributed by atoms with E-state index in [0.717, 1.165) is 25.9 Å². The van der Waals surface area contributed by atoms with E-state index in [-0.39, 0.29) is 6.61 Å². The predicted molar refractivity (Wildman–Crippen MR) is 60.9 cm³/mol. The van der Waals surface area contributed by atoms with Gasteiger partial charge in [0.15, 0.2) is 6.10 Å². The molecule has 1 heterocycles. The van der Waals surface area contributed by atoms with Crippen molar-refractivity contribution in [1.82, 2.24) is 4.90 Å². The third-order valence-corrected chi connectivity index (χ3v) is 3.08. The molecule has 1 unspecified atom stereocenters. The Bertz CT molecular complexity index is 212. The molecule has 1 aliphatic heterocycles. The molecular weight excluding hydrogens is 231 g/mol. The SMILES string of the molecule is CC(C)C(OCCN1CCCCC1)C(F)(F)F. The van der Waals surface area contributed by atoms with Gasteiger partial charge in [-0.15, -0.1) is 0 Å². The standard InChI is InChI=1S/C12H22F3NO/c1-10(2)11(12(13,14)15)17-9-8-16-6-4-3-5-7-16/h10-11H,3-9H2,1-2H3. The van der Waals surface area contributed by atoms with E-state index in [1.54, 1.807) is 13.8 Å². The number of hydrogen-bond acceptors (Lipinski definition) is 2. The van der Waals surface area contributed by atoms with E-state index in [0.29, 0.717) is 6.54 Å². The largest absolute Gasteiger partial charge is 0.414 e. The minimum atomic E-state index is -4.25. The minimum Gasteiger partial charge on any atom is -0.367 e. The van der Waals surface area contributed by atoms with Crippen molar-refractivity contribution in [2.24, 2.45) is 5.92 Å². The zero-order chi connectivity index (χ0) is 12.9. The molecule has 0 aromatic heterocycles. The third-order valence-electron chi connectivity index (χ3n) is 3.08. The van der Waals surface area contributed by atoms with E-state index in [4.69, 9.17) is 4.74 Å². The lowest BCUT2D eigenvalue weighted by molar-refractivity contribution is -0.233. The molecule has 0 aromatic rings. The quantitative estimate of drug-likeness (QED) is 0.746. The summed E-state index contributed by atoms with van der Waals surface area (Å²) in [6.45, 7) is 5.84. The van der Waals surface area contributed by atoms with Gasteiger partial charge in [-0.2, -0.15) is 13.2 Å². The number of likely N-dealkylation sites (tertiary alicyclic amines) is 1. The van der Waals surface area contributed by atoms with Crippen LogP contribution in [0.4, 0.5) is 13.2 Å². The topological polar surface area (TPSA) is 12.5 Å². The van der Waals surface area contributed by atoms with Gasteiger partial charge in [-0.3, -0.25) is 0 Å². The van der Waals surface area contributed by atoms with Crippen LogP contribution in [0.25, 0.3) is 0 Å². The molecule has 17 heavy (non-hydrogen) atoms. The molecular formula is C12H22F3NO. The molecule has 1 saturated heterocycles. The van der Waals surface area contributed by atoms with E-state index in [1.165, 1.54) is 6.42 Å². The van der Waals surface area contributed by atoms with Crippen LogP contribution >= 0.6 is 0 Å². The molecule has 0 spiro atoms. The third kappa shape index (κ3) is 5.25. The van der Waals surface area contributed by atoms with Crippen molar-refractivity contribution in [3.8, 4) is 0 Å². The van der Waals surface area contributed by atoms with E-state index in [2.05, 4.69) is 4.90 Å². The van der Waals surface area contributed by atoms with Crippen molar-refractivity contribution in [2.75, 3.05) is 26.2 Å². The highest BCUT2D eigenvalue weighted by Crippen LogP contribution is 2.28. The highest BCUT2D eigenvalue weighted by molar-refractivity contribution is 4.72. The van der Waals surface area contributed by atoms with Crippen molar-refractivity contribution >= 4 is 0 Å². The van der Waals surface area contributed by atoms with E-state index < -0.39 is 18.2 Å². The Labute approximate surface area is 101 Å². The maximum absolute atomic E-state index is 12.6. The number of halogens is 3. The highest BCUT2D eigenvalue weighted by atomic mass is 19.4. The molecule has 2 nitrogen and oxygen atoms in total. The minimum absolute atomic E-state index is 0.169. The molecule has 0 radical (unpaired) electrons. The van der Waals surface area contributed by atoms with E-state index in [9.17, 15) is 13.2 Å². The Morgan fingerprint density at radius 1 is 1.12 bits per heavy atom. The van der Waals surface area contributed by atoms with Gasteiger partial charge in [-0.25, -0.2) is 0 Å². The van der Waals surface area contributed by atoms with Crippen LogP contribution in [0.3, 0.4) is 0 Å². The van der Waals surface area contributed by atoms with Crippen LogP contribution in [0.5, 0.6) is 0 Å². The fourth-order valence-electron chi connectivity index (χ4n) is 2.16. The van der Waals surface area contributed by atoms with E-state index >= 15 is 0 Å². The molecule has 1 atom stereocenters. The Balaban J connectivity index is 2.27. The molecule has 5 heteroatoms. The molecule has 0 saturated carbocycles. The van der Waals surface area contributed by atoms with Gasteiger partial charge in [0.1, 0.15) is 0 Å². The Morgan fingerprint density at radius 3 is 2.18 bits per heavy atom. The van der Waals surface area contributed by atoms with Crippen molar-refractivity contribution in [3.63, 3.8) is 0 Å². The number of rotatable bonds is 5. The zero-order valence-corrected chi connectivity index (χ0v) is 10.6. The van der Waals surface area contributed by atoms with Gasteiger partial charge in [0.25, 0.3) is 0 Å². The summed E-state index contributed by atoms with van der Waals surface area (Å²) in [6.07, 6.45) is -2.36. The summed E-state index contributed by atoms with van der Waals surface area (Å²) in [6, 6.07) is 0. The second kappa shape index (κ2) is 6.59. The summed E-state index contributed by atoms with van der Waals surface area (Å²) in [5, 5.41) is 0. The summed E-state index contributed by atoms with van der Waals surface area (Å²) >= 11 is 0. The Hall–Kier alpha value is -0.290. The molecule has 0 amide bonds. The first kappa shape index (κ1) is 14.8. The van der Waals surface area contributed by atoms with Crippen LogP contribution in [0.15, 0.2) is 0 Å². The average Bonchev–Trinajstić information content (AvgIpc) is 2.23. The summed E-state index contributed by atoms with van der Waals surface area (Å²) in [4.78, 5) is 2.18. The number of nitrogens with zero attached hydrogens (tertiary/aromatic N) is 1. The Kier molecular flexibility index (Phi) is 5.73. The van der Waals surface area contributed by atoms with Crippen LogP contribution in [-0.4, -0.2) is 43.4 Å². The first-order valence-electron chi connectivity index (χ1n) is 6.32. The molecule has 0 N–H and O–H groups in total. The monoisotopic (exact) mass is 253 g/mol. The molecule has 1 aliphatic rings. The molecule has 0 bridgehead atoms. The van der Waals surface area contributed by atoms with Crippen molar-refractivity contribution in [2.45, 2.75) is 45.4 Å². The summed E-state index contributed by atoms with van der Waals surface area (Å²) < 4.78 is 42.8. The van der Waals surface area contributed by atoms with Gasteiger partial charge in [0, 0.05) is 6.54 Å². The van der Waals surface area contributed by atoms with Crippen LogP contribution < -0.4 is 0 Å². The first-order valence-corrected chi connectivity index (χ1v) is 6.32. The van der Waals surface area contributed by atoms with Crippen LogP contribution in [0.1, 0.15) is 33.1 Å². The van der Waals surface area contributed by atoms with Crippen molar-refractivity contribution in [1.29, 1.82) is 0 Å². The Morgan fingerprint density at radius 2 is 1.71 bits per heavy atom. The predicted octanol–water partition coefficient (Wildman–Crippen LogP) is 3.08. The van der Waals surface area contributed by atoms with Crippen LogP contribution in [-0.2, 0) is 4.74 Å². The molecule has 102 valence electrons. The van der Waals surface area contributed by atoms with Gasteiger partial charge in [-0.1, -0.05) is 20.3 Å². The lowest BCUT2D eigenvalue weighted by Gasteiger charge is -2.28. The maximum atomic E-state index is 12.6. The summed E-state index contributed by atoms with van der Waals surface area (Å²) in [5.41, 5.74) is 0. The fourth-order valence-corrected chi connectivity index (χ4v) is 2.16. The lowest BCUT2D eigenvalue weighted by atomic mass is 10.1. The average molecular weight is 253 g/mol. The van der Waals surface area contributed by atoms with Crippen LogP contribution in [0, 0.1) is 5.92 Å². The number of piperidine rings is 1. The molecule has 0 aliphatic carbocycles. The molecule has 1 rings (SSSR count). The zero-order valence-electron chi connectivity index (χ0n) is 10.6. The lowest BCUT2D eigenvalue weighted by Crippen LogP contribution is -2.39. The van der Waals surface area contributed by atoms with Gasteiger partial charge in [0.05, 0.1) is 6.61 Å². The normalized spacial score (nSPS) is 20.8. The summed E-state index contributed by atoms with van der Waals surface area (Å²) in [7, 11) is 0. The van der Waals surface area contributed by atoms with Gasteiger partial charge in [-0.05, 0) is 31.8 Å². The molecule has 0 aromatic carbocycles. The van der Waals surface area contributed by atoms with Gasteiger partial charge >= 0.3 is 6.18 Å².